The number of piperidine rings is 2. The maximum absolute atomic E-state index is 12.4. The first-order valence-electron chi connectivity index (χ1n) is 7.30. The van der Waals surface area contributed by atoms with Gasteiger partial charge < -0.3 is 15.1 Å². The Hall–Kier alpha value is -0.610. The van der Waals surface area contributed by atoms with Gasteiger partial charge in [-0.25, -0.2) is 0 Å². The molecule has 0 unspecified atom stereocenters. The van der Waals surface area contributed by atoms with Crippen molar-refractivity contribution in [3.8, 4) is 0 Å². The summed E-state index contributed by atoms with van der Waals surface area (Å²) >= 11 is 0. The average molecular weight is 253 g/mol. The number of hydrogen-bond acceptors (Lipinski definition) is 3. The third kappa shape index (κ3) is 3.04. The third-order valence-electron chi connectivity index (χ3n) is 4.68. The van der Waals surface area contributed by atoms with E-state index in [1.54, 1.807) is 0 Å². The van der Waals surface area contributed by atoms with Crippen LogP contribution in [0.2, 0.25) is 0 Å². The molecule has 1 amide bonds. The molecule has 0 bridgehead atoms. The fourth-order valence-corrected chi connectivity index (χ4v) is 3.10. The fraction of sp³-hybridized carbons (Fsp3) is 0.929. The molecule has 0 aromatic carbocycles. The minimum atomic E-state index is 0.0683. The molecule has 0 aliphatic carbocycles. The number of hydrogen-bond donors (Lipinski definition) is 1. The zero-order valence-electron chi connectivity index (χ0n) is 12.0. The fourth-order valence-electron chi connectivity index (χ4n) is 3.10. The summed E-state index contributed by atoms with van der Waals surface area (Å²) in [5.41, 5.74) is 0. The second-order valence-corrected chi connectivity index (χ2v) is 5.96. The maximum Gasteiger partial charge on any atom is 0.239 e. The number of amides is 1. The van der Waals surface area contributed by atoms with E-state index in [9.17, 15) is 4.79 Å². The highest BCUT2D eigenvalue weighted by Crippen LogP contribution is 2.21. The molecule has 3 atom stereocenters. The van der Waals surface area contributed by atoms with Crippen molar-refractivity contribution in [2.24, 2.45) is 0 Å². The van der Waals surface area contributed by atoms with E-state index in [0.29, 0.717) is 18.0 Å². The highest BCUT2D eigenvalue weighted by Gasteiger charge is 2.31. The normalized spacial score (nSPS) is 34.3. The van der Waals surface area contributed by atoms with Crippen molar-refractivity contribution in [2.45, 2.75) is 57.2 Å². The quantitative estimate of drug-likeness (QED) is 0.799. The van der Waals surface area contributed by atoms with Crippen LogP contribution in [0, 0.1) is 0 Å². The first kappa shape index (κ1) is 13.8. The van der Waals surface area contributed by atoms with Gasteiger partial charge >= 0.3 is 0 Å². The third-order valence-corrected chi connectivity index (χ3v) is 4.68. The lowest BCUT2D eigenvalue weighted by atomic mass is 9.96. The minimum Gasteiger partial charge on any atom is -0.341 e. The molecule has 104 valence electrons. The van der Waals surface area contributed by atoms with Crippen LogP contribution in [0.3, 0.4) is 0 Å². The Labute approximate surface area is 111 Å². The molecule has 4 nitrogen and oxygen atoms in total. The Bertz CT molecular complexity index is 289. The number of likely N-dealkylation sites (tertiary alicyclic amines) is 1. The van der Waals surface area contributed by atoms with E-state index < -0.39 is 0 Å². The number of carbonyl (C=O) groups excluding carboxylic acids is 1. The summed E-state index contributed by atoms with van der Waals surface area (Å²) < 4.78 is 0. The van der Waals surface area contributed by atoms with Gasteiger partial charge in [-0.2, -0.15) is 0 Å². The van der Waals surface area contributed by atoms with Gasteiger partial charge in [-0.1, -0.05) is 6.42 Å². The molecule has 0 aromatic heterocycles. The average Bonchev–Trinajstić information content (AvgIpc) is 2.41. The molecule has 2 aliphatic rings. The Morgan fingerprint density at radius 3 is 2.72 bits per heavy atom. The lowest BCUT2D eigenvalue weighted by Gasteiger charge is -2.40. The topological polar surface area (TPSA) is 35.6 Å². The van der Waals surface area contributed by atoms with Crippen LogP contribution in [-0.2, 0) is 4.79 Å². The summed E-state index contributed by atoms with van der Waals surface area (Å²) in [6.07, 6.45) is 5.60. The van der Waals surface area contributed by atoms with Gasteiger partial charge in [0.1, 0.15) is 0 Å². The van der Waals surface area contributed by atoms with Gasteiger partial charge in [0.15, 0.2) is 0 Å². The van der Waals surface area contributed by atoms with Crippen LogP contribution in [0.5, 0.6) is 0 Å². The van der Waals surface area contributed by atoms with Gasteiger partial charge in [0.25, 0.3) is 0 Å². The summed E-state index contributed by atoms with van der Waals surface area (Å²) in [7, 11) is 4.16. The van der Waals surface area contributed by atoms with Gasteiger partial charge in [-0.15, -0.1) is 0 Å². The molecule has 0 saturated carbocycles. The van der Waals surface area contributed by atoms with Crippen molar-refractivity contribution in [2.75, 3.05) is 27.2 Å². The van der Waals surface area contributed by atoms with E-state index in [1.165, 1.54) is 12.8 Å². The molecule has 2 aliphatic heterocycles. The molecule has 2 rings (SSSR count). The standard InChI is InChI=1S/C14H27N3O/c1-11-10-12(7-9-16(11)2)17(3)14(18)13-6-4-5-8-15-13/h11-13,15H,4-10H2,1-3H3/t11-,12+,13+/m1/s1. The van der Waals surface area contributed by atoms with Gasteiger partial charge in [-0.3, -0.25) is 4.79 Å². The molecule has 2 fully saturated rings. The largest absolute Gasteiger partial charge is 0.341 e. The van der Waals surface area contributed by atoms with E-state index in [0.717, 1.165) is 32.4 Å². The van der Waals surface area contributed by atoms with Crippen molar-refractivity contribution in [3.05, 3.63) is 0 Å². The smallest absolute Gasteiger partial charge is 0.239 e. The Morgan fingerprint density at radius 1 is 1.33 bits per heavy atom. The number of nitrogens with one attached hydrogen (secondary N) is 1. The Kier molecular flexibility index (Phi) is 4.62. The van der Waals surface area contributed by atoms with E-state index in [-0.39, 0.29) is 6.04 Å². The maximum atomic E-state index is 12.4. The first-order valence-corrected chi connectivity index (χ1v) is 7.30. The van der Waals surface area contributed by atoms with Crippen LogP contribution >= 0.6 is 0 Å². The van der Waals surface area contributed by atoms with Crippen molar-refractivity contribution >= 4 is 5.91 Å². The molecular weight excluding hydrogens is 226 g/mol. The molecular formula is C14H27N3O. The van der Waals surface area contributed by atoms with Crippen LogP contribution < -0.4 is 5.32 Å². The van der Waals surface area contributed by atoms with Crippen molar-refractivity contribution < 1.29 is 4.79 Å². The zero-order chi connectivity index (χ0) is 13.1. The van der Waals surface area contributed by atoms with Crippen LogP contribution in [-0.4, -0.2) is 61.0 Å². The minimum absolute atomic E-state index is 0.0683. The molecule has 0 aromatic rings. The van der Waals surface area contributed by atoms with Gasteiger partial charge in [0, 0.05) is 25.7 Å². The second kappa shape index (κ2) is 6.02. The lowest BCUT2D eigenvalue weighted by molar-refractivity contribution is -0.136. The number of likely N-dealkylation sites (N-methyl/N-ethyl adjacent to an activating group) is 1. The summed E-state index contributed by atoms with van der Waals surface area (Å²) in [4.78, 5) is 16.8. The summed E-state index contributed by atoms with van der Waals surface area (Å²) in [6.45, 7) is 4.35. The van der Waals surface area contributed by atoms with Crippen LogP contribution in [0.4, 0.5) is 0 Å². The second-order valence-electron chi connectivity index (χ2n) is 5.96. The highest BCUT2D eigenvalue weighted by atomic mass is 16.2. The molecule has 2 heterocycles. The molecule has 4 heteroatoms. The molecule has 18 heavy (non-hydrogen) atoms. The van der Waals surface area contributed by atoms with Crippen LogP contribution in [0.15, 0.2) is 0 Å². The molecule has 2 saturated heterocycles. The van der Waals surface area contributed by atoms with E-state index >= 15 is 0 Å². The van der Waals surface area contributed by atoms with Gasteiger partial charge in [-0.05, 0) is 46.2 Å². The summed E-state index contributed by atoms with van der Waals surface area (Å²) in [6, 6.07) is 1.07. The summed E-state index contributed by atoms with van der Waals surface area (Å²) in [5.74, 6) is 0.302. The molecule has 0 spiro atoms. The van der Waals surface area contributed by atoms with E-state index in [4.69, 9.17) is 0 Å². The van der Waals surface area contributed by atoms with E-state index in [2.05, 4.69) is 24.2 Å². The number of nitrogens with zero attached hydrogens (tertiary/aromatic N) is 2. The van der Waals surface area contributed by atoms with Crippen molar-refractivity contribution in [1.82, 2.24) is 15.1 Å². The molecule has 0 radical (unpaired) electrons. The SMILES string of the molecule is C[C@@H]1C[C@@H](N(C)C(=O)[C@@H]2CCCCN2)CCN1C. The Balaban J connectivity index is 1.89. The van der Waals surface area contributed by atoms with E-state index in [1.807, 2.05) is 11.9 Å². The highest BCUT2D eigenvalue weighted by molar-refractivity contribution is 5.82. The van der Waals surface area contributed by atoms with Crippen LogP contribution in [0.25, 0.3) is 0 Å². The van der Waals surface area contributed by atoms with Crippen LogP contribution in [0.1, 0.15) is 39.0 Å². The zero-order valence-corrected chi connectivity index (χ0v) is 12.0. The number of carbonyl (C=O) groups is 1. The Morgan fingerprint density at radius 2 is 2.11 bits per heavy atom. The van der Waals surface area contributed by atoms with Crippen molar-refractivity contribution in [1.29, 1.82) is 0 Å². The van der Waals surface area contributed by atoms with Gasteiger partial charge in [0.2, 0.25) is 5.91 Å². The monoisotopic (exact) mass is 253 g/mol. The predicted octanol–water partition coefficient (Wildman–Crippen LogP) is 1.07. The summed E-state index contributed by atoms with van der Waals surface area (Å²) in [5, 5.41) is 3.36. The van der Waals surface area contributed by atoms with Crippen molar-refractivity contribution in [3.63, 3.8) is 0 Å². The number of rotatable bonds is 2. The molecule has 1 N–H and O–H groups in total. The lowest BCUT2D eigenvalue weighted by Crippen LogP contribution is -2.53. The predicted molar refractivity (Wildman–Crippen MR) is 73.5 cm³/mol. The van der Waals surface area contributed by atoms with Gasteiger partial charge in [0.05, 0.1) is 6.04 Å². The first-order chi connectivity index (χ1) is 8.59.